The standard InChI is InChI=1S/C11H16N2O4/c1-3-9(10(14)15)13-11(16)12-6-8-5-4-7(2)17-8/h4-5,9H,3,6H2,1-2H3,(H,14,15)(H2,12,13,16)/t9-/m0/s1. The number of carboxylic acids is 1. The van der Waals surface area contributed by atoms with Crippen LogP contribution in [0.5, 0.6) is 0 Å². The summed E-state index contributed by atoms with van der Waals surface area (Å²) in [6.45, 7) is 3.73. The van der Waals surface area contributed by atoms with Crippen molar-refractivity contribution in [2.24, 2.45) is 0 Å². The van der Waals surface area contributed by atoms with Gasteiger partial charge < -0.3 is 20.2 Å². The molecule has 0 aliphatic heterocycles. The molecule has 0 radical (unpaired) electrons. The first-order valence-electron chi connectivity index (χ1n) is 5.35. The number of carbonyl (C=O) groups is 2. The molecule has 17 heavy (non-hydrogen) atoms. The lowest BCUT2D eigenvalue weighted by Crippen LogP contribution is -2.45. The van der Waals surface area contributed by atoms with Gasteiger partial charge in [-0.1, -0.05) is 6.92 Å². The molecule has 1 aromatic heterocycles. The number of rotatable bonds is 5. The van der Waals surface area contributed by atoms with Crippen LogP contribution in [-0.2, 0) is 11.3 Å². The number of hydrogen-bond donors (Lipinski definition) is 3. The third-order valence-electron chi connectivity index (χ3n) is 2.23. The van der Waals surface area contributed by atoms with E-state index in [1.54, 1.807) is 26.0 Å². The lowest BCUT2D eigenvalue weighted by atomic mass is 10.2. The van der Waals surface area contributed by atoms with E-state index in [-0.39, 0.29) is 6.54 Å². The fourth-order valence-corrected chi connectivity index (χ4v) is 1.30. The molecule has 0 fully saturated rings. The molecule has 0 saturated heterocycles. The van der Waals surface area contributed by atoms with Crippen molar-refractivity contribution in [3.05, 3.63) is 23.7 Å². The maximum absolute atomic E-state index is 11.4. The Morgan fingerprint density at radius 2 is 2.18 bits per heavy atom. The zero-order valence-electron chi connectivity index (χ0n) is 9.82. The number of carboxylic acid groups (broad SMARTS) is 1. The minimum absolute atomic E-state index is 0.232. The van der Waals surface area contributed by atoms with Crippen molar-refractivity contribution in [2.45, 2.75) is 32.9 Å². The Morgan fingerprint density at radius 1 is 1.47 bits per heavy atom. The number of carbonyl (C=O) groups excluding carboxylic acids is 1. The number of aliphatic carboxylic acids is 1. The van der Waals surface area contributed by atoms with Gasteiger partial charge in [0.25, 0.3) is 0 Å². The summed E-state index contributed by atoms with van der Waals surface area (Å²) in [5, 5.41) is 13.6. The third kappa shape index (κ3) is 4.18. The molecule has 0 spiro atoms. The van der Waals surface area contributed by atoms with Crippen molar-refractivity contribution in [1.29, 1.82) is 0 Å². The molecule has 6 nitrogen and oxygen atoms in total. The Hall–Kier alpha value is -1.98. The van der Waals surface area contributed by atoms with Crippen LogP contribution in [-0.4, -0.2) is 23.1 Å². The molecule has 3 N–H and O–H groups in total. The molecular formula is C11H16N2O4. The van der Waals surface area contributed by atoms with Gasteiger partial charge in [-0.05, 0) is 25.5 Å². The Kier molecular flexibility index (Phi) is 4.56. The topological polar surface area (TPSA) is 91.6 Å². The molecular weight excluding hydrogens is 224 g/mol. The second-order valence-corrected chi connectivity index (χ2v) is 3.64. The van der Waals surface area contributed by atoms with Crippen molar-refractivity contribution < 1.29 is 19.1 Å². The summed E-state index contributed by atoms with van der Waals surface area (Å²) in [6.07, 6.45) is 0.336. The van der Waals surface area contributed by atoms with E-state index in [9.17, 15) is 9.59 Å². The van der Waals surface area contributed by atoms with E-state index in [1.165, 1.54) is 0 Å². The Labute approximate surface area is 99.0 Å². The minimum atomic E-state index is -1.04. The van der Waals surface area contributed by atoms with Gasteiger partial charge in [0.2, 0.25) is 0 Å². The number of hydrogen-bond acceptors (Lipinski definition) is 3. The van der Waals surface area contributed by atoms with Gasteiger partial charge in [0, 0.05) is 0 Å². The normalized spacial score (nSPS) is 11.9. The molecule has 0 unspecified atom stereocenters. The van der Waals surface area contributed by atoms with Crippen LogP contribution in [0.15, 0.2) is 16.5 Å². The van der Waals surface area contributed by atoms with Crippen molar-refractivity contribution in [2.75, 3.05) is 0 Å². The fraction of sp³-hybridized carbons (Fsp3) is 0.455. The fourth-order valence-electron chi connectivity index (χ4n) is 1.30. The Balaban J connectivity index is 2.37. The van der Waals surface area contributed by atoms with Crippen LogP contribution in [0.2, 0.25) is 0 Å². The lowest BCUT2D eigenvalue weighted by Gasteiger charge is -2.12. The van der Waals surface area contributed by atoms with Gasteiger partial charge in [-0.2, -0.15) is 0 Å². The average Bonchev–Trinajstić information content (AvgIpc) is 2.68. The van der Waals surface area contributed by atoms with Gasteiger partial charge in [-0.15, -0.1) is 0 Å². The number of furan rings is 1. The zero-order valence-corrected chi connectivity index (χ0v) is 9.82. The summed E-state index contributed by atoms with van der Waals surface area (Å²) < 4.78 is 5.25. The van der Waals surface area contributed by atoms with Gasteiger partial charge >= 0.3 is 12.0 Å². The summed E-state index contributed by atoms with van der Waals surface area (Å²) in [7, 11) is 0. The van der Waals surface area contributed by atoms with E-state index in [2.05, 4.69) is 10.6 Å². The lowest BCUT2D eigenvalue weighted by molar-refractivity contribution is -0.139. The predicted molar refractivity (Wildman–Crippen MR) is 60.5 cm³/mol. The number of urea groups is 1. The van der Waals surface area contributed by atoms with Crippen molar-refractivity contribution in [3.63, 3.8) is 0 Å². The highest BCUT2D eigenvalue weighted by atomic mass is 16.4. The molecule has 1 heterocycles. The number of aryl methyl sites for hydroxylation is 1. The first kappa shape index (κ1) is 13.1. The third-order valence-corrected chi connectivity index (χ3v) is 2.23. The van der Waals surface area contributed by atoms with Crippen molar-refractivity contribution in [3.8, 4) is 0 Å². The number of amides is 2. The van der Waals surface area contributed by atoms with Gasteiger partial charge in [0.15, 0.2) is 0 Å². The summed E-state index contributed by atoms with van der Waals surface area (Å²) in [5.41, 5.74) is 0. The highest BCUT2D eigenvalue weighted by Crippen LogP contribution is 2.05. The summed E-state index contributed by atoms with van der Waals surface area (Å²) in [5.74, 6) is 0.344. The van der Waals surface area contributed by atoms with E-state index in [4.69, 9.17) is 9.52 Å². The number of nitrogens with one attached hydrogen (secondary N) is 2. The van der Waals surface area contributed by atoms with Crippen LogP contribution in [0, 0.1) is 6.92 Å². The van der Waals surface area contributed by atoms with E-state index >= 15 is 0 Å². The van der Waals surface area contributed by atoms with E-state index in [1.807, 2.05) is 0 Å². The molecule has 6 heteroatoms. The first-order valence-corrected chi connectivity index (χ1v) is 5.35. The highest BCUT2D eigenvalue weighted by molar-refractivity contribution is 5.82. The molecule has 2 amide bonds. The summed E-state index contributed by atoms with van der Waals surface area (Å²) >= 11 is 0. The highest BCUT2D eigenvalue weighted by Gasteiger charge is 2.17. The van der Waals surface area contributed by atoms with Crippen LogP contribution >= 0.6 is 0 Å². The second-order valence-electron chi connectivity index (χ2n) is 3.64. The van der Waals surface area contributed by atoms with Gasteiger partial charge in [0.05, 0.1) is 6.54 Å². The second kappa shape index (κ2) is 5.93. The molecule has 0 aliphatic carbocycles. The molecule has 1 aromatic rings. The predicted octanol–water partition coefficient (Wildman–Crippen LogP) is 1.25. The molecule has 0 aliphatic rings. The summed E-state index contributed by atoms with van der Waals surface area (Å²) in [4.78, 5) is 22.1. The van der Waals surface area contributed by atoms with E-state index < -0.39 is 18.0 Å². The monoisotopic (exact) mass is 240 g/mol. The van der Waals surface area contributed by atoms with Crippen LogP contribution in [0.3, 0.4) is 0 Å². The van der Waals surface area contributed by atoms with Crippen LogP contribution < -0.4 is 10.6 Å². The molecule has 1 atom stereocenters. The van der Waals surface area contributed by atoms with Crippen LogP contribution in [0.1, 0.15) is 24.9 Å². The maximum Gasteiger partial charge on any atom is 0.326 e. The molecule has 0 saturated carbocycles. The molecule has 0 aromatic carbocycles. The van der Waals surface area contributed by atoms with E-state index in [0.29, 0.717) is 12.2 Å². The largest absolute Gasteiger partial charge is 0.480 e. The molecule has 0 bridgehead atoms. The SMILES string of the molecule is CC[C@H](NC(=O)NCc1ccc(C)o1)C(=O)O. The quantitative estimate of drug-likeness (QED) is 0.722. The minimum Gasteiger partial charge on any atom is -0.480 e. The summed E-state index contributed by atoms with van der Waals surface area (Å²) in [6, 6.07) is 2.16. The van der Waals surface area contributed by atoms with E-state index in [0.717, 1.165) is 5.76 Å². The molecule has 94 valence electrons. The smallest absolute Gasteiger partial charge is 0.326 e. The molecule has 1 rings (SSSR count). The van der Waals surface area contributed by atoms with Gasteiger partial charge in [0.1, 0.15) is 17.6 Å². The maximum atomic E-state index is 11.4. The first-order chi connectivity index (χ1) is 8.02. The zero-order chi connectivity index (χ0) is 12.8. The van der Waals surface area contributed by atoms with Crippen molar-refractivity contribution in [1.82, 2.24) is 10.6 Å². The van der Waals surface area contributed by atoms with Crippen molar-refractivity contribution >= 4 is 12.0 Å². The van der Waals surface area contributed by atoms with Crippen LogP contribution in [0.4, 0.5) is 4.79 Å². The average molecular weight is 240 g/mol. The Bertz CT molecular complexity index is 400. The van der Waals surface area contributed by atoms with Gasteiger partial charge in [-0.3, -0.25) is 0 Å². The van der Waals surface area contributed by atoms with Crippen LogP contribution in [0.25, 0.3) is 0 Å². The van der Waals surface area contributed by atoms with Gasteiger partial charge in [-0.25, -0.2) is 9.59 Å². The Morgan fingerprint density at radius 3 is 2.65 bits per heavy atom.